The zero-order valence-corrected chi connectivity index (χ0v) is 20.4. The summed E-state index contributed by atoms with van der Waals surface area (Å²) in [5, 5.41) is 11.2. The first-order valence-corrected chi connectivity index (χ1v) is 11.8. The third-order valence-electron chi connectivity index (χ3n) is 5.20. The van der Waals surface area contributed by atoms with E-state index in [2.05, 4.69) is 15.3 Å². The van der Waals surface area contributed by atoms with Gasteiger partial charge < -0.3 is 15.3 Å². The van der Waals surface area contributed by atoms with Crippen molar-refractivity contribution in [2.24, 2.45) is 0 Å². The van der Waals surface area contributed by atoms with E-state index in [1.54, 1.807) is 24.1 Å². The molecule has 0 saturated heterocycles. The van der Waals surface area contributed by atoms with Gasteiger partial charge in [0.2, 0.25) is 5.91 Å². The number of benzene rings is 2. The van der Waals surface area contributed by atoms with Crippen molar-refractivity contribution in [1.29, 1.82) is 0 Å². The second kappa shape index (κ2) is 12.6. The molecule has 2 aromatic heterocycles. The molecule has 4 aromatic rings. The number of halogens is 3. The molecule has 0 fully saturated rings. The number of thiazole rings is 1. The van der Waals surface area contributed by atoms with Gasteiger partial charge in [0.05, 0.1) is 11.7 Å². The van der Waals surface area contributed by atoms with E-state index in [1.807, 2.05) is 78.7 Å². The summed E-state index contributed by atoms with van der Waals surface area (Å²) in [4.78, 5) is 32.4. The zero-order chi connectivity index (χ0) is 26.8. The molecule has 0 unspecified atom stereocenters. The standard InChI is InChI=1S/C24H22N4OS.C2HF3O2/c1-28(23-16-26-17-30-23)22(14-18-6-3-2-4-7-18)24(29)27-21-9-5-8-20(15-21)19-10-12-25-13-11-19;3-2(4,5)1(6)7/h2-13,15-17,22H,14H2,1H3,(H,27,29);(H,6,7)/t22-;/m1./s1. The largest absolute Gasteiger partial charge is 0.490 e. The molecule has 1 amide bonds. The maximum Gasteiger partial charge on any atom is 0.490 e. The third-order valence-corrected chi connectivity index (χ3v) is 6.06. The van der Waals surface area contributed by atoms with Gasteiger partial charge >= 0.3 is 12.1 Å². The van der Waals surface area contributed by atoms with Gasteiger partial charge in [-0.2, -0.15) is 13.2 Å². The van der Waals surface area contributed by atoms with Gasteiger partial charge in [-0.15, -0.1) is 11.3 Å². The first kappa shape index (κ1) is 27.3. The van der Waals surface area contributed by atoms with Gasteiger partial charge in [0.15, 0.2) is 0 Å². The number of alkyl halides is 3. The van der Waals surface area contributed by atoms with Gasteiger partial charge in [0, 0.05) is 31.5 Å². The molecular formula is C26H23F3N4O3S. The molecule has 0 spiro atoms. The van der Waals surface area contributed by atoms with E-state index in [0.29, 0.717) is 6.42 Å². The smallest absolute Gasteiger partial charge is 0.475 e. The lowest BCUT2D eigenvalue weighted by atomic mass is 10.0. The molecule has 0 aliphatic heterocycles. The minimum absolute atomic E-state index is 0.0540. The first-order chi connectivity index (χ1) is 17.6. The SMILES string of the molecule is CN(c1cncs1)[C@H](Cc1ccccc1)C(=O)Nc1cccc(-c2ccncc2)c1.O=C(O)C(F)(F)F. The van der Waals surface area contributed by atoms with E-state index in [9.17, 15) is 18.0 Å². The third kappa shape index (κ3) is 8.14. The number of carboxylic acid groups (broad SMARTS) is 1. The van der Waals surface area contributed by atoms with Crippen molar-refractivity contribution in [2.75, 3.05) is 17.3 Å². The quantitative estimate of drug-likeness (QED) is 0.328. The molecule has 2 aromatic carbocycles. The summed E-state index contributed by atoms with van der Waals surface area (Å²) in [6.45, 7) is 0. The Morgan fingerprint density at radius 1 is 1.00 bits per heavy atom. The number of aliphatic carboxylic acids is 1. The highest BCUT2D eigenvalue weighted by Crippen LogP contribution is 2.25. The van der Waals surface area contributed by atoms with E-state index < -0.39 is 12.1 Å². The van der Waals surface area contributed by atoms with Gasteiger partial charge in [-0.25, -0.2) is 4.79 Å². The molecule has 192 valence electrons. The summed E-state index contributed by atoms with van der Waals surface area (Å²) in [6, 6.07) is 21.5. The molecule has 4 rings (SSSR count). The van der Waals surface area contributed by atoms with E-state index in [-0.39, 0.29) is 11.9 Å². The Labute approximate surface area is 215 Å². The number of carbonyl (C=O) groups is 2. The molecule has 0 saturated carbocycles. The fourth-order valence-corrected chi connectivity index (χ4v) is 3.97. The van der Waals surface area contributed by atoms with Gasteiger partial charge in [-0.3, -0.25) is 14.8 Å². The second-order valence-electron chi connectivity index (χ2n) is 7.76. The number of carboxylic acids is 1. The molecule has 37 heavy (non-hydrogen) atoms. The molecule has 2 N–H and O–H groups in total. The topological polar surface area (TPSA) is 95.4 Å². The van der Waals surface area contributed by atoms with Crippen molar-refractivity contribution in [3.8, 4) is 11.1 Å². The van der Waals surface area contributed by atoms with Crippen LogP contribution >= 0.6 is 11.3 Å². The van der Waals surface area contributed by atoms with Crippen molar-refractivity contribution in [3.63, 3.8) is 0 Å². The Morgan fingerprint density at radius 2 is 1.68 bits per heavy atom. The lowest BCUT2D eigenvalue weighted by Gasteiger charge is -2.27. The molecule has 0 bridgehead atoms. The number of hydrogen-bond acceptors (Lipinski definition) is 6. The summed E-state index contributed by atoms with van der Waals surface area (Å²) in [6.07, 6.45) is 0.839. The fraction of sp³-hybridized carbons (Fsp3) is 0.154. The Hall–Kier alpha value is -4.25. The van der Waals surface area contributed by atoms with Crippen molar-refractivity contribution in [3.05, 3.63) is 96.4 Å². The number of nitrogens with one attached hydrogen (secondary N) is 1. The van der Waals surface area contributed by atoms with Crippen LogP contribution in [0.2, 0.25) is 0 Å². The molecule has 11 heteroatoms. The van der Waals surface area contributed by atoms with E-state index >= 15 is 0 Å². The van der Waals surface area contributed by atoms with Crippen LogP contribution in [-0.2, 0) is 16.0 Å². The molecule has 0 aliphatic rings. The van der Waals surface area contributed by atoms with E-state index in [0.717, 1.165) is 27.4 Å². The molecule has 0 aliphatic carbocycles. The van der Waals surface area contributed by atoms with Crippen LogP contribution in [0.4, 0.5) is 23.9 Å². The molecular weight excluding hydrogens is 505 g/mol. The molecule has 1 atom stereocenters. The van der Waals surface area contributed by atoms with Crippen LogP contribution in [0.3, 0.4) is 0 Å². The van der Waals surface area contributed by atoms with Gasteiger partial charge in [-0.1, -0.05) is 42.5 Å². The highest BCUT2D eigenvalue weighted by molar-refractivity contribution is 7.13. The van der Waals surface area contributed by atoms with Crippen molar-refractivity contribution in [1.82, 2.24) is 9.97 Å². The highest BCUT2D eigenvalue weighted by atomic mass is 32.1. The number of nitrogens with zero attached hydrogens (tertiary/aromatic N) is 3. The minimum Gasteiger partial charge on any atom is -0.475 e. The summed E-state index contributed by atoms with van der Waals surface area (Å²) in [7, 11) is 1.94. The number of amides is 1. The summed E-state index contributed by atoms with van der Waals surface area (Å²) < 4.78 is 31.7. The molecule has 0 radical (unpaired) electrons. The van der Waals surface area contributed by atoms with Crippen LogP contribution in [0.5, 0.6) is 0 Å². The highest BCUT2D eigenvalue weighted by Gasteiger charge is 2.38. The van der Waals surface area contributed by atoms with Crippen LogP contribution in [0.25, 0.3) is 11.1 Å². The van der Waals surface area contributed by atoms with Crippen molar-refractivity contribution < 1.29 is 27.9 Å². The Balaban J connectivity index is 0.000000479. The summed E-state index contributed by atoms with van der Waals surface area (Å²) in [5.41, 5.74) is 5.75. The average molecular weight is 529 g/mol. The molecule has 7 nitrogen and oxygen atoms in total. The maximum absolute atomic E-state index is 13.3. The second-order valence-corrected chi connectivity index (χ2v) is 8.63. The average Bonchev–Trinajstić information content (AvgIpc) is 3.43. The Bertz CT molecular complexity index is 1290. The van der Waals surface area contributed by atoms with Crippen molar-refractivity contribution >= 4 is 33.9 Å². The lowest BCUT2D eigenvalue weighted by Crippen LogP contribution is -2.43. The van der Waals surface area contributed by atoms with Crippen LogP contribution in [0, 0.1) is 0 Å². The Kier molecular flexibility index (Phi) is 9.33. The number of rotatable bonds is 7. The lowest BCUT2D eigenvalue weighted by molar-refractivity contribution is -0.192. The van der Waals surface area contributed by atoms with Crippen LogP contribution < -0.4 is 10.2 Å². The number of anilines is 2. The van der Waals surface area contributed by atoms with Gasteiger partial charge in [0.1, 0.15) is 11.0 Å². The summed E-state index contributed by atoms with van der Waals surface area (Å²) >= 11 is 1.52. The van der Waals surface area contributed by atoms with Crippen LogP contribution in [-0.4, -0.2) is 46.2 Å². The number of aromatic nitrogens is 2. The predicted octanol–water partition coefficient (Wildman–Crippen LogP) is 5.52. The van der Waals surface area contributed by atoms with E-state index in [1.165, 1.54) is 11.3 Å². The van der Waals surface area contributed by atoms with E-state index in [4.69, 9.17) is 9.90 Å². The zero-order valence-electron chi connectivity index (χ0n) is 19.6. The number of likely N-dealkylation sites (N-methyl/N-ethyl adjacent to an activating group) is 1. The summed E-state index contributed by atoms with van der Waals surface area (Å²) in [5.74, 6) is -2.81. The molecule has 2 heterocycles. The first-order valence-electron chi connectivity index (χ1n) is 10.9. The maximum atomic E-state index is 13.3. The Morgan fingerprint density at radius 3 is 2.27 bits per heavy atom. The number of pyridine rings is 1. The number of carbonyl (C=O) groups excluding carboxylic acids is 1. The van der Waals surface area contributed by atoms with Gasteiger partial charge in [-0.05, 0) is 41.0 Å². The van der Waals surface area contributed by atoms with Crippen LogP contribution in [0.15, 0.2) is 90.8 Å². The fourth-order valence-electron chi connectivity index (χ4n) is 3.33. The number of hydrogen-bond donors (Lipinski definition) is 2. The van der Waals surface area contributed by atoms with Gasteiger partial charge in [0.25, 0.3) is 0 Å². The predicted molar refractivity (Wildman–Crippen MR) is 136 cm³/mol. The van der Waals surface area contributed by atoms with Crippen LogP contribution in [0.1, 0.15) is 5.56 Å². The minimum atomic E-state index is -5.08. The normalized spacial score (nSPS) is 11.6. The monoisotopic (exact) mass is 528 g/mol. The van der Waals surface area contributed by atoms with Crippen molar-refractivity contribution in [2.45, 2.75) is 18.6 Å².